The van der Waals surface area contributed by atoms with Crippen LogP contribution in [0.5, 0.6) is 5.75 Å². The molecule has 0 aromatic heterocycles. The number of hydrogen-bond donors (Lipinski definition) is 1. The molecule has 0 amide bonds. The van der Waals surface area contributed by atoms with E-state index in [2.05, 4.69) is 42.5 Å². The van der Waals surface area contributed by atoms with Gasteiger partial charge in [0.05, 0.1) is 6.54 Å². The molecule has 1 unspecified atom stereocenters. The molecule has 2 heteroatoms. The third kappa shape index (κ3) is 2.89. The molecule has 1 aliphatic heterocycles. The summed E-state index contributed by atoms with van der Waals surface area (Å²) in [4.78, 5) is 1.64. The topological polar surface area (TPSA) is 13.7 Å². The van der Waals surface area contributed by atoms with Crippen molar-refractivity contribution in [2.24, 2.45) is 0 Å². The largest absolute Gasteiger partial charge is 0.488 e. The van der Waals surface area contributed by atoms with Crippen molar-refractivity contribution in [1.82, 2.24) is 0 Å². The van der Waals surface area contributed by atoms with Gasteiger partial charge in [0.1, 0.15) is 25.4 Å². The summed E-state index contributed by atoms with van der Waals surface area (Å²) in [5.74, 6) is 1.05. The molecule has 2 nitrogen and oxygen atoms in total. The van der Waals surface area contributed by atoms with Gasteiger partial charge >= 0.3 is 0 Å². The van der Waals surface area contributed by atoms with E-state index in [1.54, 1.807) is 4.90 Å². The minimum Gasteiger partial charge on any atom is -0.488 e. The molecule has 1 atom stereocenters. The Hall–Kier alpha value is -1.80. The second-order valence-electron chi connectivity index (χ2n) is 6.58. The average Bonchev–Trinajstić information content (AvgIpc) is 3.02. The molecule has 0 saturated heterocycles. The summed E-state index contributed by atoms with van der Waals surface area (Å²) in [5, 5.41) is 0. The molecule has 0 bridgehead atoms. The zero-order valence-corrected chi connectivity index (χ0v) is 13.1. The van der Waals surface area contributed by atoms with Gasteiger partial charge in [0.15, 0.2) is 0 Å². The van der Waals surface area contributed by atoms with Crippen LogP contribution < -0.4 is 9.64 Å². The van der Waals surface area contributed by atoms with Gasteiger partial charge in [-0.3, -0.25) is 0 Å². The lowest BCUT2D eigenvalue weighted by molar-refractivity contribution is -0.915. The molecule has 1 heterocycles. The van der Waals surface area contributed by atoms with E-state index in [-0.39, 0.29) is 0 Å². The van der Waals surface area contributed by atoms with E-state index in [4.69, 9.17) is 4.74 Å². The molecule has 0 fully saturated rings. The Morgan fingerprint density at radius 2 is 1.68 bits per heavy atom. The van der Waals surface area contributed by atoms with Crippen molar-refractivity contribution in [2.75, 3.05) is 19.7 Å². The van der Waals surface area contributed by atoms with Gasteiger partial charge in [-0.1, -0.05) is 30.3 Å². The second-order valence-corrected chi connectivity index (χ2v) is 6.58. The van der Waals surface area contributed by atoms with Crippen LogP contribution in [0, 0.1) is 0 Å². The maximum atomic E-state index is 6.00. The summed E-state index contributed by atoms with van der Waals surface area (Å²) in [5.41, 5.74) is 6.06. The third-order valence-corrected chi connectivity index (χ3v) is 5.10. The second kappa shape index (κ2) is 6.13. The number of aryl methyl sites for hydroxylation is 2. The predicted molar refractivity (Wildman–Crippen MR) is 88.5 cm³/mol. The number of quaternary nitrogens is 1. The highest BCUT2D eigenvalue weighted by atomic mass is 16.5. The molecular weight excluding hydrogens is 270 g/mol. The van der Waals surface area contributed by atoms with Crippen molar-refractivity contribution in [2.45, 2.75) is 32.2 Å². The van der Waals surface area contributed by atoms with Gasteiger partial charge in [0.25, 0.3) is 0 Å². The van der Waals surface area contributed by atoms with Crippen LogP contribution in [0.2, 0.25) is 0 Å². The fourth-order valence-corrected chi connectivity index (χ4v) is 3.81. The molecule has 1 aliphatic carbocycles. The highest BCUT2D eigenvalue weighted by Gasteiger charge is 2.18. The molecular formula is C20H24NO+. The van der Waals surface area contributed by atoms with Gasteiger partial charge in [-0.2, -0.15) is 0 Å². The first-order valence-corrected chi connectivity index (χ1v) is 8.53. The summed E-state index contributed by atoms with van der Waals surface area (Å²) >= 11 is 0. The Bertz CT molecular complexity index is 665. The Balaban J connectivity index is 1.31. The number of fused-ring (bicyclic) bond motifs is 2. The predicted octanol–water partition coefficient (Wildman–Crippen LogP) is 2.20. The summed E-state index contributed by atoms with van der Waals surface area (Å²) in [6.45, 7) is 4.27. The first-order chi connectivity index (χ1) is 10.9. The molecule has 2 aliphatic rings. The van der Waals surface area contributed by atoms with Crippen molar-refractivity contribution >= 4 is 0 Å². The Labute approximate surface area is 132 Å². The number of hydrogen-bond acceptors (Lipinski definition) is 1. The number of benzene rings is 2. The van der Waals surface area contributed by atoms with E-state index in [0.29, 0.717) is 0 Å². The standard InChI is InChI=1S/C20H23NO/c1-2-5-19-15-21(11-10-17(19)4-1)12-13-22-20-9-8-16-6-3-7-18(16)14-20/h1-2,4-5,8-9,14H,3,6-7,10-13,15H2/p+1. The monoisotopic (exact) mass is 294 g/mol. The highest BCUT2D eigenvalue weighted by Crippen LogP contribution is 2.25. The van der Waals surface area contributed by atoms with E-state index in [0.717, 1.165) is 25.4 Å². The molecule has 2 aromatic rings. The van der Waals surface area contributed by atoms with E-state index in [1.165, 1.54) is 54.5 Å². The van der Waals surface area contributed by atoms with Crippen molar-refractivity contribution < 1.29 is 9.64 Å². The zero-order valence-electron chi connectivity index (χ0n) is 13.1. The van der Waals surface area contributed by atoms with E-state index >= 15 is 0 Å². The molecule has 0 spiro atoms. The smallest absolute Gasteiger partial charge is 0.137 e. The van der Waals surface area contributed by atoms with Crippen LogP contribution in [-0.2, 0) is 25.8 Å². The first kappa shape index (κ1) is 13.8. The molecule has 1 N–H and O–H groups in total. The van der Waals surface area contributed by atoms with Gasteiger partial charge in [0.2, 0.25) is 0 Å². The van der Waals surface area contributed by atoms with Crippen LogP contribution in [0.3, 0.4) is 0 Å². The molecule has 22 heavy (non-hydrogen) atoms. The Morgan fingerprint density at radius 1 is 0.864 bits per heavy atom. The third-order valence-electron chi connectivity index (χ3n) is 5.10. The summed E-state index contributed by atoms with van der Waals surface area (Å²) in [6, 6.07) is 15.5. The van der Waals surface area contributed by atoms with Gasteiger partial charge in [0, 0.05) is 12.0 Å². The summed E-state index contributed by atoms with van der Waals surface area (Å²) in [7, 11) is 0. The zero-order chi connectivity index (χ0) is 14.8. The van der Waals surface area contributed by atoms with E-state index in [9.17, 15) is 0 Å². The lowest BCUT2D eigenvalue weighted by Crippen LogP contribution is -3.12. The van der Waals surface area contributed by atoms with Crippen LogP contribution in [0.4, 0.5) is 0 Å². The minimum atomic E-state index is 0.816. The maximum Gasteiger partial charge on any atom is 0.137 e. The molecule has 114 valence electrons. The van der Waals surface area contributed by atoms with Gasteiger partial charge < -0.3 is 9.64 Å². The fourth-order valence-electron chi connectivity index (χ4n) is 3.81. The Kier molecular flexibility index (Phi) is 3.86. The van der Waals surface area contributed by atoms with Crippen molar-refractivity contribution in [3.05, 3.63) is 64.7 Å². The van der Waals surface area contributed by atoms with E-state index in [1.807, 2.05) is 0 Å². The maximum absolute atomic E-state index is 6.00. The van der Waals surface area contributed by atoms with Crippen molar-refractivity contribution in [1.29, 1.82) is 0 Å². The van der Waals surface area contributed by atoms with Crippen LogP contribution in [-0.4, -0.2) is 19.7 Å². The van der Waals surface area contributed by atoms with Gasteiger partial charge in [-0.15, -0.1) is 0 Å². The fraction of sp³-hybridized carbons (Fsp3) is 0.400. The number of rotatable bonds is 4. The van der Waals surface area contributed by atoms with Crippen LogP contribution in [0.25, 0.3) is 0 Å². The summed E-state index contributed by atoms with van der Waals surface area (Å²) < 4.78 is 6.00. The molecule has 0 radical (unpaired) electrons. The molecule has 0 saturated carbocycles. The SMILES string of the molecule is c1ccc2c(c1)CC[NH+](CCOc1ccc3c(c1)CCC3)C2. The normalized spacial score (nSPS) is 19.5. The van der Waals surface area contributed by atoms with Gasteiger partial charge in [-0.25, -0.2) is 0 Å². The number of nitrogens with one attached hydrogen (secondary N) is 1. The van der Waals surface area contributed by atoms with Crippen LogP contribution in [0.1, 0.15) is 28.7 Å². The lowest BCUT2D eigenvalue weighted by atomic mass is 10.0. The summed E-state index contributed by atoms with van der Waals surface area (Å²) in [6.07, 6.45) is 4.97. The van der Waals surface area contributed by atoms with Crippen molar-refractivity contribution in [3.8, 4) is 5.75 Å². The molecule has 2 aromatic carbocycles. The lowest BCUT2D eigenvalue weighted by Gasteiger charge is -2.25. The Morgan fingerprint density at radius 3 is 2.64 bits per heavy atom. The number of ether oxygens (including phenoxy) is 1. The van der Waals surface area contributed by atoms with Gasteiger partial charge in [-0.05, 0) is 48.1 Å². The highest BCUT2D eigenvalue weighted by molar-refractivity contribution is 5.38. The molecule has 4 rings (SSSR count). The minimum absolute atomic E-state index is 0.816. The quantitative estimate of drug-likeness (QED) is 0.912. The van der Waals surface area contributed by atoms with E-state index < -0.39 is 0 Å². The van der Waals surface area contributed by atoms with Crippen LogP contribution >= 0.6 is 0 Å². The average molecular weight is 294 g/mol. The first-order valence-electron chi connectivity index (χ1n) is 8.53. The van der Waals surface area contributed by atoms with Crippen molar-refractivity contribution in [3.63, 3.8) is 0 Å². The van der Waals surface area contributed by atoms with Crippen LogP contribution in [0.15, 0.2) is 42.5 Å².